The van der Waals surface area contributed by atoms with Crippen molar-refractivity contribution in [3.63, 3.8) is 0 Å². The molecule has 0 aromatic heterocycles. The number of amides is 3. The van der Waals surface area contributed by atoms with Gasteiger partial charge in [0.05, 0.1) is 13.2 Å². The number of imide groups is 1. The number of methoxy groups -OCH3 is 1. The molecule has 1 saturated heterocycles. The molecule has 1 aromatic carbocycles. The zero-order valence-corrected chi connectivity index (χ0v) is 13.8. The van der Waals surface area contributed by atoms with E-state index in [0.29, 0.717) is 5.92 Å². The normalized spacial score (nSPS) is 18.6. The van der Waals surface area contributed by atoms with Crippen LogP contribution in [-0.2, 0) is 14.4 Å². The Kier molecular flexibility index (Phi) is 4.83. The Hall–Kier alpha value is -2.37. The summed E-state index contributed by atoms with van der Waals surface area (Å²) in [6, 6.07) is 7.69. The number of nitrogens with one attached hydrogen (secondary N) is 1. The first-order valence-electron chi connectivity index (χ1n) is 8.35. The van der Waals surface area contributed by atoms with Crippen molar-refractivity contribution in [1.29, 1.82) is 0 Å². The quantitative estimate of drug-likeness (QED) is 0.774. The Morgan fingerprint density at radius 3 is 2.38 bits per heavy atom. The third-order valence-electron chi connectivity index (χ3n) is 4.60. The van der Waals surface area contributed by atoms with Gasteiger partial charge >= 0.3 is 0 Å². The molecular weight excluding hydrogens is 308 g/mol. The van der Waals surface area contributed by atoms with E-state index in [0.717, 1.165) is 24.2 Å². The Balaban J connectivity index is 1.58. The molecule has 0 spiro atoms. The SMILES string of the molecule is COc1ccc(C(NC(=O)CCN2C(=O)CCC2=O)C2CC2)cc1. The van der Waals surface area contributed by atoms with Crippen LogP contribution in [0.2, 0.25) is 0 Å². The van der Waals surface area contributed by atoms with Crippen LogP contribution in [0.15, 0.2) is 24.3 Å². The van der Waals surface area contributed by atoms with Crippen molar-refractivity contribution in [2.75, 3.05) is 13.7 Å². The molecule has 1 saturated carbocycles. The van der Waals surface area contributed by atoms with Crippen molar-refractivity contribution in [2.45, 2.75) is 38.1 Å². The van der Waals surface area contributed by atoms with E-state index in [1.807, 2.05) is 24.3 Å². The Bertz CT molecular complexity index is 621. The molecule has 1 N–H and O–H groups in total. The maximum Gasteiger partial charge on any atom is 0.229 e. The highest BCUT2D eigenvalue weighted by Gasteiger charge is 2.34. The van der Waals surface area contributed by atoms with Crippen LogP contribution in [0.3, 0.4) is 0 Å². The summed E-state index contributed by atoms with van der Waals surface area (Å²) >= 11 is 0. The monoisotopic (exact) mass is 330 g/mol. The highest BCUT2D eigenvalue weighted by atomic mass is 16.5. The number of hydrogen-bond donors (Lipinski definition) is 1. The first kappa shape index (κ1) is 16.5. The third-order valence-corrected chi connectivity index (χ3v) is 4.60. The largest absolute Gasteiger partial charge is 0.497 e. The predicted octanol–water partition coefficient (Wildman–Crippen LogP) is 1.80. The van der Waals surface area contributed by atoms with Crippen molar-refractivity contribution >= 4 is 17.7 Å². The van der Waals surface area contributed by atoms with Crippen molar-refractivity contribution in [3.8, 4) is 5.75 Å². The summed E-state index contributed by atoms with van der Waals surface area (Å²) < 4.78 is 5.17. The molecule has 1 heterocycles. The minimum absolute atomic E-state index is 0.0200. The molecule has 128 valence electrons. The molecule has 24 heavy (non-hydrogen) atoms. The van der Waals surface area contributed by atoms with Gasteiger partial charge in [-0.25, -0.2) is 0 Å². The van der Waals surface area contributed by atoms with E-state index < -0.39 is 0 Å². The maximum atomic E-state index is 12.3. The van der Waals surface area contributed by atoms with E-state index in [2.05, 4.69) is 5.32 Å². The molecule has 6 heteroatoms. The molecule has 1 aromatic rings. The molecule has 3 amide bonds. The van der Waals surface area contributed by atoms with Crippen molar-refractivity contribution in [3.05, 3.63) is 29.8 Å². The maximum absolute atomic E-state index is 12.3. The fourth-order valence-corrected chi connectivity index (χ4v) is 3.05. The van der Waals surface area contributed by atoms with Crippen LogP contribution < -0.4 is 10.1 Å². The summed E-state index contributed by atoms with van der Waals surface area (Å²) in [4.78, 5) is 36.6. The summed E-state index contributed by atoms with van der Waals surface area (Å²) in [6.45, 7) is 0.170. The van der Waals surface area contributed by atoms with Gasteiger partial charge in [0.1, 0.15) is 5.75 Å². The fourth-order valence-electron chi connectivity index (χ4n) is 3.05. The van der Waals surface area contributed by atoms with Crippen LogP contribution in [0, 0.1) is 5.92 Å². The number of ether oxygens (including phenoxy) is 1. The first-order chi connectivity index (χ1) is 11.6. The van der Waals surface area contributed by atoms with Crippen molar-refractivity contribution in [2.24, 2.45) is 5.92 Å². The van der Waals surface area contributed by atoms with E-state index in [4.69, 9.17) is 4.74 Å². The molecule has 0 radical (unpaired) electrons. The van der Waals surface area contributed by atoms with Crippen molar-refractivity contribution in [1.82, 2.24) is 10.2 Å². The average Bonchev–Trinajstić information content (AvgIpc) is 3.38. The van der Waals surface area contributed by atoms with E-state index in [9.17, 15) is 14.4 Å². The van der Waals surface area contributed by atoms with E-state index in [-0.39, 0.29) is 49.6 Å². The standard InChI is InChI=1S/C18H22N2O4/c1-24-14-6-4-13(5-7-14)18(12-2-3-12)19-15(21)10-11-20-16(22)8-9-17(20)23/h4-7,12,18H,2-3,8-11H2,1H3,(H,19,21). The number of hydrogen-bond acceptors (Lipinski definition) is 4. The molecule has 3 rings (SSSR count). The molecule has 0 bridgehead atoms. The van der Waals surface area contributed by atoms with Crippen molar-refractivity contribution < 1.29 is 19.1 Å². The van der Waals surface area contributed by atoms with Gasteiger partial charge in [-0.2, -0.15) is 0 Å². The number of rotatable bonds is 7. The minimum atomic E-state index is -0.179. The minimum Gasteiger partial charge on any atom is -0.497 e. The van der Waals surface area contributed by atoms with Gasteiger partial charge in [0.2, 0.25) is 17.7 Å². The zero-order chi connectivity index (χ0) is 17.1. The predicted molar refractivity (Wildman–Crippen MR) is 87.2 cm³/mol. The average molecular weight is 330 g/mol. The van der Waals surface area contributed by atoms with E-state index >= 15 is 0 Å². The van der Waals surface area contributed by atoms with Crippen LogP contribution in [0.25, 0.3) is 0 Å². The van der Waals surface area contributed by atoms with Gasteiger partial charge in [-0.3, -0.25) is 19.3 Å². The lowest BCUT2D eigenvalue weighted by molar-refractivity contribution is -0.138. The van der Waals surface area contributed by atoms with E-state index in [1.54, 1.807) is 7.11 Å². The highest BCUT2D eigenvalue weighted by molar-refractivity contribution is 6.02. The molecule has 1 atom stereocenters. The highest BCUT2D eigenvalue weighted by Crippen LogP contribution is 2.41. The van der Waals surface area contributed by atoms with Crippen LogP contribution >= 0.6 is 0 Å². The molecular formula is C18H22N2O4. The Labute approximate surface area is 141 Å². The van der Waals surface area contributed by atoms with Crippen LogP contribution in [0.5, 0.6) is 5.75 Å². The topological polar surface area (TPSA) is 75.7 Å². The number of carbonyl (C=O) groups is 3. The van der Waals surface area contributed by atoms with E-state index in [1.165, 1.54) is 4.90 Å². The number of carbonyl (C=O) groups excluding carboxylic acids is 3. The van der Waals surface area contributed by atoms with Gasteiger partial charge in [0, 0.05) is 25.8 Å². The molecule has 1 aliphatic carbocycles. The third kappa shape index (κ3) is 3.75. The lowest BCUT2D eigenvalue weighted by Crippen LogP contribution is -2.35. The van der Waals surface area contributed by atoms with Gasteiger partial charge < -0.3 is 10.1 Å². The molecule has 2 fully saturated rings. The smallest absolute Gasteiger partial charge is 0.229 e. The second kappa shape index (κ2) is 7.03. The van der Waals surface area contributed by atoms with Crippen LogP contribution in [0.4, 0.5) is 0 Å². The summed E-state index contributed by atoms with van der Waals surface area (Å²) in [7, 11) is 1.62. The summed E-state index contributed by atoms with van der Waals surface area (Å²) in [5.41, 5.74) is 1.06. The van der Waals surface area contributed by atoms with Gasteiger partial charge in [-0.15, -0.1) is 0 Å². The molecule has 6 nitrogen and oxygen atoms in total. The Morgan fingerprint density at radius 1 is 1.21 bits per heavy atom. The molecule has 2 aliphatic rings. The van der Waals surface area contributed by atoms with Gasteiger partial charge in [0.15, 0.2) is 0 Å². The summed E-state index contributed by atoms with van der Waals surface area (Å²) in [5, 5.41) is 3.06. The van der Waals surface area contributed by atoms with Gasteiger partial charge in [-0.1, -0.05) is 12.1 Å². The van der Waals surface area contributed by atoms with Crippen LogP contribution in [0.1, 0.15) is 43.7 Å². The number of nitrogens with zero attached hydrogens (tertiary/aromatic N) is 1. The lowest BCUT2D eigenvalue weighted by atomic mass is 10.0. The fraction of sp³-hybridized carbons (Fsp3) is 0.500. The zero-order valence-electron chi connectivity index (χ0n) is 13.8. The van der Waals surface area contributed by atoms with Crippen LogP contribution in [-0.4, -0.2) is 36.3 Å². The number of likely N-dealkylation sites (tertiary alicyclic amines) is 1. The van der Waals surface area contributed by atoms with Gasteiger partial charge in [0.25, 0.3) is 0 Å². The summed E-state index contributed by atoms with van der Waals surface area (Å²) in [6.07, 6.45) is 2.87. The Morgan fingerprint density at radius 2 is 1.83 bits per heavy atom. The van der Waals surface area contributed by atoms with Gasteiger partial charge in [-0.05, 0) is 36.5 Å². The lowest BCUT2D eigenvalue weighted by Gasteiger charge is -2.20. The molecule has 1 unspecified atom stereocenters. The second-order valence-electron chi connectivity index (χ2n) is 6.34. The molecule has 1 aliphatic heterocycles. The first-order valence-corrected chi connectivity index (χ1v) is 8.35. The summed E-state index contributed by atoms with van der Waals surface area (Å²) in [5.74, 6) is 0.752. The second-order valence-corrected chi connectivity index (χ2v) is 6.34. The number of benzene rings is 1.